The minimum Gasteiger partial charge on any atom is -0.244 e. The number of rotatable bonds is 0. The Bertz CT molecular complexity index is 553. The van der Waals surface area contributed by atoms with Crippen molar-refractivity contribution in [2.45, 2.75) is 9.74 Å². The zero-order chi connectivity index (χ0) is 10.3. The zero-order valence-corrected chi connectivity index (χ0v) is 9.29. The maximum atomic E-state index is 6.00. The van der Waals surface area contributed by atoms with Gasteiger partial charge in [0.2, 0.25) is 0 Å². The third kappa shape index (κ3) is 1.62. The summed E-state index contributed by atoms with van der Waals surface area (Å²) >= 11 is 7.54. The normalized spacial score (nSPS) is 19.1. The lowest BCUT2D eigenvalue weighted by Crippen LogP contribution is -2.00. The first-order valence-corrected chi connectivity index (χ1v) is 5.90. The standard InChI is InChI=1S/C11H7ClN2S/c12-10-6-5-9-11(15-10)14-8-4-2-1-3-7(8)13-9/h1-6,10H. The lowest BCUT2D eigenvalue weighted by Gasteiger charge is -2.12. The van der Waals surface area contributed by atoms with E-state index in [1.165, 1.54) is 11.8 Å². The second-order valence-corrected chi connectivity index (χ2v) is 5.09. The van der Waals surface area contributed by atoms with Gasteiger partial charge in [0.15, 0.2) is 0 Å². The molecule has 4 heteroatoms. The summed E-state index contributed by atoms with van der Waals surface area (Å²) in [6.45, 7) is 0. The van der Waals surface area contributed by atoms with Gasteiger partial charge in [-0.1, -0.05) is 30.0 Å². The molecule has 0 saturated carbocycles. The van der Waals surface area contributed by atoms with Crippen molar-refractivity contribution < 1.29 is 0 Å². The average molecular weight is 235 g/mol. The van der Waals surface area contributed by atoms with Gasteiger partial charge in [0, 0.05) is 0 Å². The van der Waals surface area contributed by atoms with Gasteiger partial charge in [-0.05, 0) is 18.2 Å². The van der Waals surface area contributed by atoms with Gasteiger partial charge >= 0.3 is 0 Å². The summed E-state index contributed by atoms with van der Waals surface area (Å²) in [7, 11) is 0. The highest BCUT2D eigenvalue weighted by molar-refractivity contribution is 8.01. The summed E-state index contributed by atoms with van der Waals surface area (Å²) in [5, 5.41) is 0.913. The number of nitrogens with zero attached hydrogens (tertiary/aromatic N) is 2. The van der Waals surface area contributed by atoms with E-state index in [2.05, 4.69) is 9.97 Å². The van der Waals surface area contributed by atoms with Crippen molar-refractivity contribution in [1.29, 1.82) is 0 Å². The Labute approximate surface area is 96.4 Å². The molecule has 1 aliphatic heterocycles. The van der Waals surface area contributed by atoms with Crippen molar-refractivity contribution in [3.63, 3.8) is 0 Å². The summed E-state index contributed by atoms with van der Waals surface area (Å²) in [5.41, 5.74) is 2.76. The molecule has 2 aromatic rings. The number of fused-ring (bicyclic) bond motifs is 2. The molecule has 2 nitrogen and oxygen atoms in total. The molecule has 1 aromatic carbocycles. The smallest absolute Gasteiger partial charge is 0.124 e. The Morgan fingerprint density at radius 3 is 2.67 bits per heavy atom. The average Bonchev–Trinajstić information content (AvgIpc) is 2.26. The molecule has 0 radical (unpaired) electrons. The number of thioether (sulfide) groups is 1. The lowest BCUT2D eigenvalue weighted by atomic mass is 10.3. The largest absolute Gasteiger partial charge is 0.244 e. The molecule has 0 fully saturated rings. The van der Waals surface area contributed by atoms with Gasteiger partial charge in [0.05, 0.1) is 16.7 Å². The van der Waals surface area contributed by atoms with Crippen molar-refractivity contribution in [2.24, 2.45) is 0 Å². The number of halogens is 1. The molecule has 1 aliphatic rings. The Hall–Kier alpha value is -1.06. The molecule has 0 saturated heterocycles. The van der Waals surface area contributed by atoms with Crippen LogP contribution in [0.2, 0.25) is 0 Å². The van der Waals surface area contributed by atoms with Gasteiger partial charge in [-0.25, -0.2) is 9.97 Å². The molecule has 0 spiro atoms. The predicted molar refractivity (Wildman–Crippen MR) is 64.1 cm³/mol. The van der Waals surface area contributed by atoms with Crippen LogP contribution in [0.3, 0.4) is 0 Å². The fraction of sp³-hybridized carbons (Fsp3) is 0.0909. The maximum absolute atomic E-state index is 6.00. The first kappa shape index (κ1) is 9.19. The number of benzene rings is 1. The van der Waals surface area contributed by atoms with Gasteiger partial charge in [-0.3, -0.25) is 0 Å². The van der Waals surface area contributed by atoms with Gasteiger partial charge in [-0.2, -0.15) is 0 Å². The molecule has 1 unspecified atom stereocenters. The van der Waals surface area contributed by atoms with Crippen LogP contribution < -0.4 is 0 Å². The maximum Gasteiger partial charge on any atom is 0.124 e. The molecule has 0 N–H and O–H groups in total. The molecular formula is C11H7ClN2S. The van der Waals surface area contributed by atoms with E-state index in [0.29, 0.717) is 0 Å². The number of alkyl halides is 1. The monoisotopic (exact) mass is 234 g/mol. The first-order chi connectivity index (χ1) is 7.33. The third-order valence-corrected chi connectivity index (χ3v) is 3.51. The second kappa shape index (κ2) is 3.51. The van der Waals surface area contributed by atoms with E-state index in [4.69, 9.17) is 11.6 Å². The summed E-state index contributed by atoms with van der Waals surface area (Å²) in [6.07, 6.45) is 3.86. The van der Waals surface area contributed by atoms with Crippen molar-refractivity contribution in [1.82, 2.24) is 9.97 Å². The third-order valence-electron chi connectivity index (χ3n) is 2.19. The molecule has 15 heavy (non-hydrogen) atoms. The number of para-hydroxylation sites is 2. The number of hydrogen-bond donors (Lipinski definition) is 0. The molecule has 74 valence electrons. The minimum absolute atomic E-state index is 0.0343. The van der Waals surface area contributed by atoms with Crippen LogP contribution >= 0.6 is 23.4 Å². The van der Waals surface area contributed by atoms with Crippen molar-refractivity contribution in [3.05, 3.63) is 36.0 Å². The van der Waals surface area contributed by atoms with Crippen LogP contribution in [0.1, 0.15) is 5.69 Å². The highest BCUT2D eigenvalue weighted by atomic mass is 35.5. The molecule has 1 aromatic heterocycles. The van der Waals surface area contributed by atoms with E-state index in [1.807, 2.05) is 36.4 Å². The van der Waals surface area contributed by atoms with Crippen LogP contribution in [-0.2, 0) is 0 Å². The summed E-state index contributed by atoms with van der Waals surface area (Å²) in [5.74, 6) is 0. The SMILES string of the molecule is ClC1C=Cc2nc3ccccc3nc2S1. The summed E-state index contributed by atoms with van der Waals surface area (Å²) < 4.78 is -0.0343. The Kier molecular flexibility index (Phi) is 2.15. The number of hydrogen-bond acceptors (Lipinski definition) is 3. The fourth-order valence-electron chi connectivity index (χ4n) is 1.51. The van der Waals surface area contributed by atoms with Gasteiger partial charge in [0.25, 0.3) is 0 Å². The minimum atomic E-state index is -0.0343. The van der Waals surface area contributed by atoms with Crippen molar-refractivity contribution >= 4 is 40.5 Å². The van der Waals surface area contributed by atoms with Crippen LogP contribution in [0.25, 0.3) is 17.1 Å². The van der Waals surface area contributed by atoms with Crippen LogP contribution in [0.5, 0.6) is 0 Å². The van der Waals surface area contributed by atoms with Crippen molar-refractivity contribution in [3.8, 4) is 0 Å². The van der Waals surface area contributed by atoms with Crippen LogP contribution in [0.15, 0.2) is 35.4 Å². The number of aromatic nitrogens is 2. The van der Waals surface area contributed by atoms with E-state index in [-0.39, 0.29) is 4.71 Å². The Morgan fingerprint density at radius 1 is 1.13 bits per heavy atom. The topological polar surface area (TPSA) is 25.8 Å². The van der Waals surface area contributed by atoms with Crippen molar-refractivity contribution in [2.75, 3.05) is 0 Å². The molecular weight excluding hydrogens is 228 g/mol. The van der Waals surface area contributed by atoms with E-state index in [0.717, 1.165) is 21.8 Å². The van der Waals surface area contributed by atoms with Gasteiger partial charge in [0.1, 0.15) is 9.74 Å². The quantitative estimate of drug-likeness (QED) is 0.654. The molecule has 3 rings (SSSR count). The summed E-state index contributed by atoms with van der Waals surface area (Å²) in [6, 6.07) is 7.86. The molecule has 0 bridgehead atoms. The van der Waals surface area contributed by atoms with E-state index >= 15 is 0 Å². The highest BCUT2D eigenvalue weighted by Crippen LogP contribution is 2.33. The van der Waals surface area contributed by atoms with Gasteiger partial charge in [-0.15, -0.1) is 11.6 Å². The predicted octanol–water partition coefficient (Wildman–Crippen LogP) is 3.31. The fourth-order valence-corrected chi connectivity index (χ4v) is 2.59. The molecule has 0 aliphatic carbocycles. The molecule has 1 atom stereocenters. The van der Waals surface area contributed by atoms with E-state index in [9.17, 15) is 0 Å². The Morgan fingerprint density at radius 2 is 1.87 bits per heavy atom. The second-order valence-electron chi connectivity index (χ2n) is 3.23. The molecule has 0 amide bonds. The first-order valence-electron chi connectivity index (χ1n) is 4.59. The van der Waals surface area contributed by atoms with Crippen LogP contribution in [0, 0.1) is 0 Å². The summed E-state index contributed by atoms with van der Waals surface area (Å²) in [4.78, 5) is 9.05. The van der Waals surface area contributed by atoms with Crippen LogP contribution in [0.4, 0.5) is 0 Å². The zero-order valence-electron chi connectivity index (χ0n) is 7.72. The highest BCUT2D eigenvalue weighted by Gasteiger charge is 2.15. The Balaban J connectivity index is 2.26. The van der Waals surface area contributed by atoms with Gasteiger partial charge < -0.3 is 0 Å². The van der Waals surface area contributed by atoms with Crippen LogP contribution in [-0.4, -0.2) is 14.7 Å². The van der Waals surface area contributed by atoms with E-state index < -0.39 is 0 Å². The lowest BCUT2D eigenvalue weighted by molar-refractivity contribution is 1.09. The van der Waals surface area contributed by atoms with E-state index in [1.54, 1.807) is 0 Å². The molecule has 2 heterocycles.